The molecule has 0 heterocycles. The van der Waals surface area contributed by atoms with E-state index in [0.29, 0.717) is 5.41 Å². The molecule has 2 heteroatoms. The molecule has 0 N–H and O–H groups in total. The molecule has 0 aliphatic rings. The van der Waals surface area contributed by atoms with E-state index in [2.05, 4.69) is 52.6 Å². The Balaban J connectivity index is 4.06. The lowest BCUT2D eigenvalue weighted by Crippen LogP contribution is -2.31. The maximum Gasteiger partial charge on any atom is 0.00984 e. The Hall–Kier alpha value is 0.960. The fourth-order valence-electron chi connectivity index (χ4n) is 1.49. The van der Waals surface area contributed by atoms with Crippen LogP contribution in [-0.4, -0.2) is 10.7 Å². The highest BCUT2D eigenvalue weighted by molar-refractivity contribution is 9.09. The Bertz CT molecular complexity index is 117. The van der Waals surface area contributed by atoms with Gasteiger partial charge in [-0.3, -0.25) is 0 Å². The van der Waals surface area contributed by atoms with Crippen LogP contribution >= 0.6 is 31.9 Å². The second-order valence-corrected chi connectivity index (χ2v) is 5.36. The molecule has 0 fully saturated rings. The van der Waals surface area contributed by atoms with E-state index in [-0.39, 0.29) is 0 Å². The van der Waals surface area contributed by atoms with E-state index in [0.717, 1.165) is 16.6 Å². The second kappa shape index (κ2) is 7.28. The molecule has 0 aromatic rings. The second-order valence-electron chi connectivity index (χ2n) is 4.24. The molecule has 0 saturated carbocycles. The predicted molar refractivity (Wildman–Crippen MR) is 69.0 cm³/mol. The van der Waals surface area contributed by atoms with Crippen LogP contribution in [0.3, 0.4) is 0 Å². The van der Waals surface area contributed by atoms with Gasteiger partial charge in [0.15, 0.2) is 0 Å². The van der Waals surface area contributed by atoms with Crippen molar-refractivity contribution in [3.63, 3.8) is 0 Å². The highest BCUT2D eigenvalue weighted by atomic mass is 79.9. The fourth-order valence-corrected chi connectivity index (χ4v) is 4.28. The van der Waals surface area contributed by atoms with Crippen molar-refractivity contribution < 1.29 is 0 Å². The van der Waals surface area contributed by atoms with Crippen LogP contribution < -0.4 is 0 Å². The zero-order valence-corrected chi connectivity index (χ0v) is 12.2. The third kappa shape index (κ3) is 4.33. The fraction of sp³-hybridized carbons (Fsp3) is 1.00. The van der Waals surface area contributed by atoms with Crippen molar-refractivity contribution in [1.29, 1.82) is 0 Å². The lowest BCUT2D eigenvalue weighted by atomic mass is 9.77. The summed E-state index contributed by atoms with van der Waals surface area (Å²) in [5, 5.41) is 2.24. The first-order valence-electron chi connectivity index (χ1n) is 5.25. The number of hydrogen-bond acceptors (Lipinski definition) is 0. The molecular weight excluding hydrogens is 292 g/mol. The Kier molecular flexibility index (Phi) is 7.82. The molecule has 0 bridgehead atoms. The van der Waals surface area contributed by atoms with Crippen LogP contribution in [0.1, 0.15) is 46.5 Å². The largest absolute Gasteiger partial charge is 0.0922 e. The van der Waals surface area contributed by atoms with Crippen LogP contribution in [-0.2, 0) is 0 Å². The number of unbranched alkanes of at least 4 members (excludes halogenated alkanes) is 2. The van der Waals surface area contributed by atoms with E-state index in [1.807, 2.05) is 0 Å². The van der Waals surface area contributed by atoms with Gasteiger partial charge in [0.1, 0.15) is 0 Å². The van der Waals surface area contributed by atoms with E-state index in [9.17, 15) is 0 Å². The minimum Gasteiger partial charge on any atom is -0.0922 e. The van der Waals surface area contributed by atoms with E-state index < -0.39 is 0 Å². The summed E-state index contributed by atoms with van der Waals surface area (Å²) in [6, 6.07) is 0. The van der Waals surface area contributed by atoms with E-state index in [1.54, 1.807) is 0 Å². The quantitative estimate of drug-likeness (QED) is 0.458. The zero-order chi connectivity index (χ0) is 10.3. The summed E-state index contributed by atoms with van der Waals surface area (Å²) in [5.74, 6) is 0.753. The van der Waals surface area contributed by atoms with Crippen molar-refractivity contribution in [2.45, 2.75) is 46.5 Å². The maximum absolute atomic E-state index is 3.66. The van der Waals surface area contributed by atoms with Crippen molar-refractivity contribution in [1.82, 2.24) is 0 Å². The standard InChI is InChI=1S/C11H22Br2/c1-4-5-6-7-11(8-12,9-13)10(2)3/h10H,4-9H2,1-3H3. The lowest BCUT2D eigenvalue weighted by molar-refractivity contribution is 0.240. The van der Waals surface area contributed by atoms with Crippen LogP contribution in [0, 0.1) is 11.3 Å². The Morgan fingerprint density at radius 1 is 1.08 bits per heavy atom. The van der Waals surface area contributed by atoms with Crippen LogP contribution in [0.2, 0.25) is 0 Å². The molecule has 0 aromatic carbocycles. The van der Waals surface area contributed by atoms with Crippen LogP contribution in [0.25, 0.3) is 0 Å². The van der Waals surface area contributed by atoms with Gasteiger partial charge in [-0.1, -0.05) is 71.9 Å². The summed E-state index contributed by atoms with van der Waals surface area (Å²) in [5.41, 5.74) is 0.467. The van der Waals surface area contributed by atoms with E-state index in [1.165, 1.54) is 25.7 Å². The molecule has 0 atom stereocenters. The highest BCUT2D eigenvalue weighted by Gasteiger charge is 2.30. The van der Waals surface area contributed by atoms with Crippen molar-refractivity contribution in [3.05, 3.63) is 0 Å². The van der Waals surface area contributed by atoms with Gasteiger partial charge in [0, 0.05) is 10.7 Å². The molecule has 80 valence electrons. The van der Waals surface area contributed by atoms with Crippen molar-refractivity contribution in [2.75, 3.05) is 10.7 Å². The predicted octanol–water partition coefficient (Wildman–Crippen LogP) is 5.00. The van der Waals surface area contributed by atoms with E-state index >= 15 is 0 Å². The smallest absolute Gasteiger partial charge is 0.00984 e. The molecule has 13 heavy (non-hydrogen) atoms. The topological polar surface area (TPSA) is 0 Å². The molecule has 0 rings (SSSR count). The van der Waals surface area contributed by atoms with Gasteiger partial charge in [0.05, 0.1) is 0 Å². The molecule has 0 nitrogen and oxygen atoms in total. The van der Waals surface area contributed by atoms with Crippen LogP contribution in [0.5, 0.6) is 0 Å². The Labute approximate surface area is 100 Å². The normalized spacial score (nSPS) is 12.5. The minimum absolute atomic E-state index is 0.467. The van der Waals surface area contributed by atoms with Crippen LogP contribution in [0.4, 0.5) is 0 Å². The molecule has 0 spiro atoms. The minimum atomic E-state index is 0.467. The molecule has 0 aliphatic heterocycles. The average Bonchev–Trinajstić information content (AvgIpc) is 2.13. The maximum atomic E-state index is 3.66. The first-order valence-corrected chi connectivity index (χ1v) is 7.49. The summed E-state index contributed by atoms with van der Waals surface area (Å²) < 4.78 is 0. The summed E-state index contributed by atoms with van der Waals surface area (Å²) >= 11 is 7.31. The molecule has 0 amide bonds. The highest BCUT2D eigenvalue weighted by Crippen LogP contribution is 2.37. The van der Waals surface area contributed by atoms with Gasteiger partial charge in [-0.25, -0.2) is 0 Å². The molecule has 0 aromatic heterocycles. The summed E-state index contributed by atoms with van der Waals surface area (Å²) in [4.78, 5) is 0. The third-order valence-electron chi connectivity index (χ3n) is 3.04. The zero-order valence-electron chi connectivity index (χ0n) is 9.08. The molecule has 0 saturated heterocycles. The monoisotopic (exact) mass is 312 g/mol. The van der Waals surface area contributed by atoms with Gasteiger partial charge < -0.3 is 0 Å². The molecule has 0 radical (unpaired) electrons. The van der Waals surface area contributed by atoms with E-state index in [4.69, 9.17) is 0 Å². The van der Waals surface area contributed by atoms with Crippen molar-refractivity contribution in [2.24, 2.45) is 11.3 Å². The molecular formula is C11H22Br2. The first-order chi connectivity index (χ1) is 6.13. The van der Waals surface area contributed by atoms with Crippen molar-refractivity contribution in [3.8, 4) is 0 Å². The third-order valence-corrected chi connectivity index (χ3v) is 5.27. The summed E-state index contributed by atoms with van der Waals surface area (Å²) in [6.07, 6.45) is 5.40. The van der Waals surface area contributed by atoms with Gasteiger partial charge in [-0.2, -0.15) is 0 Å². The lowest BCUT2D eigenvalue weighted by Gasteiger charge is -2.34. The Morgan fingerprint density at radius 2 is 1.62 bits per heavy atom. The number of rotatable bonds is 7. The number of hydrogen-bond donors (Lipinski definition) is 0. The van der Waals surface area contributed by atoms with Crippen molar-refractivity contribution >= 4 is 31.9 Å². The van der Waals surface area contributed by atoms with Crippen LogP contribution in [0.15, 0.2) is 0 Å². The summed E-state index contributed by atoms with van der Waals surface area (Å²) in [6.45, 7) is 6.92. The number of alkyl halides is 2. The Morgan fingerprint density at radius 3 is 1.92 bits per heavy atom. The van der Waals surface area contributed by atoms with Gasteiger partial charge in [0.25, 0.3) is 0 Å². The molecule has 0 aliphatic carbocycles. The van der Waals surface area contributed by atoms with Gasteiger partial charge in [-0.05, 0) is 17.8 Å². The molecule has 0 unspecified atom stereocenters. The van der Waals surface area contributed by atoms with Gasteiger partial charge in [0.2, 0.25) is 0 Å². The first kappa shape index (κ1) is 14.0. The van der Waals surface area contributed by atoms with Gasteiger partial charge >= 0.3 is 0 Å². The number of halogens is 2. The summed E-state index contributed by atoms with van der Waals surface area (Å²) in [7, 11) is 0. The van der Waals surface area contributed by atoms with Gasteiger partial charge in [-0.15, -0.1) is 0 Å². The SMILES string of the molecule is CCCCCC(CBr)(CBr)C(C)C. The average molecular weight is 314 g/mol.